The fourth-order valence-corrected chi connectivity index (χ4v) is 3.83. The highest BCUT2D eigenvalue weighted by atomic mass is 16.2. The number of nitrogens with one attached hydrogen (secondary N) is 2. The standard InChI is InChI=1S/C20H29N3O2/c1-14-10-11-17(13-15(14)2)21-19(24)18-9-6-12-23(18)20(25)22-16-7-4-3-5-8-16/h10-11,13,16,18H,3-9,12H2,1-2H3,(H,21,24)(H,22,25)/t18-/m0/s1. The van der Waals surface area contributed by atoms with Crippen LogP contribution in [-0.2, 0) is 4.79 Å². The second kappa shape index (κ2) is 7.89. The van der Waals surface area contributed by atoms with Gasteiger partial charge < -0.3 is 15.5 Å². The van der Waals surface area contributed by atoms with Gasteiger partial charge in [-0.15, -0.1) is 0 Å². The van der Waals surface area contributed by atoms with Crippen molar-refractivity contribution in [2.45, 2.75) is 70.9 Å². The summed E-state index contributed by atoms with van der Waals surface area (Å²) in [4.78, 5) is 27.0. The molecule has 3 rings (SSSR count). The Kier molecular flexibility index (Phi) is 5.61. The number of carbonyl (C=O) groups is 2. The number of benzene rings is 1. The average Bonchev–Trinajstić information content (AvgIpc) is 3.09. The fraction of sp³-hybridized carbons (Fsp3) is 0.600. The van der Waals surface area contributed by atoms with Gasteiger partial charge >= 0.3 is 6.03 Å². The third kappa shape index (κ3) is 4.33. The molecule has 1 aromatic carbocycles. The summed E-state index contributed by atoms with van der Waals surface area (Å²) >= 11 is 0. The second-order valence-corrected chi connectivity index (χ2v) is 7.42. The molecule has 2 fully saturated rings. The number of nitrogens with zero attached hydrogens (tertiary/aromatic N) is 1. The molecule has 0 unspecified atom stereocenters. The van der Waals surface area contributed by atoms with Gasteiger partial charge in [-0.05, 0) is 62.8 Å². The number of likely N-dealkylation sites (tertiary alicyclic amines) is 1. The van der Waals surface area contributed by atoms with Gasteiger partial charge in [-0.25, -0.2) is 4.79 Å². The number of urea groups is 1. The molecule has 5 heteroatoms. The molecule has 25 heavy (non-hydrogen) atoms. The first kappa shape index (κ1) is 17.8. The molecule has 3 amide bonds. The third-order valence-corrected chi connectivity index (χ3v) is 5.52. The predicted octanol–water partition coefficient (Wildman–Crippen LogP) is 3.75. The van der Waals surface area contributed by atoms with Crippen LogP contribution < -0.4 is 10.6 Å². The summed E-state index contributed by atoms with van der Waals surface area (Å²) in [6.45, 7) is 4.74. The number of aryl methyl sites for hydroxylation is 2. The average molecular weight is 343 g/mol. The number of anilines is 1. The minimum atomic E-state index is -0.370. The molecule has 1 heterocycles. The molecule has 5 nitrogen and oxygen atoms in total. The van der Waals surface area contributed by atoms with Crippen molar-refractivity contribution in [3.8, 4) is 0 Å². The van der Waals surface area contributed by atoms with Gasteiger partial charge in [-0.1, -0.05) is 25.3 Å². The van der Waals surface area contributed by atoms with Crippen LogP contribution in [0.15, 0.2) is 18.2 Å². The van der Waals surface area contributed by atoms with Crippen LogP contribution in [0.2, 0.25) is 0 Å². The fourth-order valence-electron chi connectivity index (χ4n) is 3.83. The zero-order chi connectivity index (χ0) is 17.8. The maximum Gasteiger partial charge on any atom is 0.318 e. The molecule has 0 bridgehead atoms. The van der Waals surface area contributed by atoms with Crippen LogP contribution in [0, 0.1) is 13.8 Å². The Morgan fingerprint density at radius 3 is 2.48 bits per heavy atom. The van der Waals surface area contributed by atoms with Crippen molar-refractivity contribution < 1.29 is 9.59 Å². The van der Waals surface area contributed by atoms with Crippen molar-refractivity contribution in [2.75, 3.05) is 11.9 Å². The molecule has 0 spiro atoms. The van der Waals surface area contributed by atoms with Crippen LogP contribution in [0.3, 0.4) is 0 Å². The van der Waals surface area contributed by atoms with Crippen molar-refractivity contribution in [1.29, 1.82) is 0 Å². The quantitative estimate of drug-likeness (QED) is 0.878. The number of hydrogen-bond acceptors (Lipinski definition) is 2. The Labute approximate surface area is 150 Å². The topological polar surface area (TPSA) is 61.4 Å². The zero-order valence-corrected chi connectivity index (χ0v) is 15.3. The van der Waals surface area contributed by atoms with E-state index in [0.717, 1.165) is 36.9 Å². The van der Waals surface area contributed by atoms with E-state index < -0.39 is 0 Å². The van der Waals surface area contributed by atoms with Crippen molar-refractivity contribution in [2.24, 2.45) is 0 Å². The summed E-state index contributed by atoms with van der Waals surface area (Å²) < 4.78 is 0. The van der Waals surface area contributed by atoms with Gasteiger partial charge in [-0.2, -0.15) is 0 Å². The maximum absolute atomic E-state index is 12.7. The molecule has 136 valence electrons. The summed E-state index contributed by atoms with van der Waals surface area (Å²) in [5.41, 5.74) is 3.15. The molecule has 1 aliphatic heterocycles. The first-order valence-corrected chi connectivity index (χ1v) is 9.50. The predicted molar refractivity (Wildman–Crippen MR) is 99.7 cm³/mol. The molecule has 0 aromatic heterocycles. The van der Waals surface area contributed by atoms with Gasteiger partial charge in [0, 0.05) is 18.3 Å². The lowest BCUT2D eigenvalue weighted by Gasteiger charge is -2.29. The third-order valence-electron chi connectivity index (χ3n) is 5.52. The lowest BCUT2D eigenvalue weighted by Crippen LogP contribution is -2.50. The molecule has 1 saturated heterocycles. The van der Waals surface area contributed by atoms with Crippen molar-refractivity contribution in [3.05, 3.63) is 29.3 Å². The highest BCUT2D eigenvalue weighted by Crippen LogP contribution is 2.22. The number of hydrogen-bond donors (Lipinski definition) is 2. The minimum Gasteiger partial charge on any atom is -0.335 e. The van der Waals surface area contributed by atoms with Gasteiger partial charge in [0.25, 0.3) is 0 Å². The van der Waals surface area contributed by atoms with E-state index in [-0.39, 0.29) is 24.0 Å². The van der Waals surface area contributed by atoms with Crippen LogP contribution in [0.5, 0.6) is 0 Å². The van der Waals surface area contributed by atoms with Gasteiger partial charge in [0.2, 0.25) is 5.91 Å². The highest BCUT2D eigenvalue weighted by molar-refractivity contribution is 5.97. The molecular weight excluding hydrogens is 314 g/mol. The van der Waals surface area contributed by atoms with Crippen LogP contribution in [0.1, 0.15) is 56.1 Å². The molecule has 1 aliphatic carbocycles. The van der Waals surface area contributed by atoms with Crippen LogP contribution in [-0.4, -0.2) is 35.5 Å². The lowest BCUT2D eigenvalue weighted by atomic mass is 9.96. The van der Waals surface area contributed by atoms with Crippen LogP contribution in [0.25, 0.3) is 0 Å². The number of rotatable bonds is 3. The summed E-state index contributed by atoms with van der Waals surface area (Å²) in [6, 6.07) is 5.73. The van der Waals surface area contributed by atoms with Gasteiger partial charge in [-0.3, -0.25) is 4.79 Å². The zero-order valence-electron chi connectivity index (χ0n) is 15.3. The maximum atomic E-state index is 12.7. The summed E-state index contributed by atoms with van der Waals surface area (Å²) in [5, 5.41) is 6.11. The molecular formula is C20H29N3O2. The van der Waals surface area contributed by atoms with E-state index in [0.29, 0.717) is 6.54 Å². The molecule has 1 saturated carbocycles. The smallest absolute Gasteiger partial charge is 0.318 e. The molecule has 1 atom stereocenters. The first-order chi connectivity index (χ1) is 12.0. The number of carbonyl (C=O) groups excluding carboxylic acids is 2. The Balaban J connectivity index is 1.60. The summed E-state index contributed by atoms with van der Waals surface area (Å²) in [6.07, 6.45) is 7.34. The summed E-state index contributed by atoms with van der Waals surface area (Å²) in [5.74, 6) is -0.0838. The SMILES string of the molecule is Cc1ccc(NC(=O)[C@@H]2CCCN2C(=O)NC2CCCCC2)cc1C. The molecule has 0 radical (unpaired) electrons. The van der Waals surface area contributed by atoms with Crippen LogP contribution >= 0.6 is 0 Å². The molecule has 2 aliphatic rings. The molecule has 1 aromatic rings. The van der Waals surface area contributed by atoms with Crippen molar-refractivity contribution >= 4 is 17.6 Å². The van der Waals surface area contributed by atoms with E-state index in [4.69, 9.17) is 0 Å². The van der Waals surface area contributed by atoms with Crippen molar-refractivity contribution in [1.82, 2.24) is 10.2 Å². The van der Waals surface area contributed by atoms with Gasteiger partial charge in [0.05, 0.1) is 0 Å². The second-order valence-electron chi connectivity index (χ2n) is 7.42. The minimum absolute atomic E-state index is 0.0790. The Morgan fingerprint density at radius 1 is 1.00 bits per heavy atom. The lowest BCUT2D eigenvalue weighted by molar-refractivity contribution is -0.119. The largest absolute Gasteiger partial charge is 0.335 e. The Morgan fingerprint density at radius 2 is 1.76 bits per heavy atom. The van der Waals surface area contributed by atoms with E-state index in [9.17, 15) is 9.59 Å². The highest BCUT2D eigenvalue weighted by Gasteiger charge is 2.35. The van der Waals surface area contributed by atoms with E-state index in [1.54, 1.807) is 4.90 Å². The normalized spacial score (nSPS) is 21.2. The summed E-state index contributed by atoms with van der Waals surface area (Å²) in [7, 11) is 0. The van der Waals surface area contributed by atoms with Crippen molar-refractivity contribution in [3.63, 3.8) is 0 Å². The Hall–Kier alpha value is -2.04. The monoisotopic (exact) mass is 343 g/mol. The van der Waals surface area contributed by atoms with E-state index >= 15 is 0 Å². The van der Waals surface area contributed by atoms with E-state index in [2.05, 4.69) is 17.6 Å². The number of amides is 3. The van der Waals surface area contributed by atoms with Crippen LogP contribution in [0.4, 0.5) is 10.5 Å². The van der Waals surface area contributed by atoms with Gasteiger partial charge in [0.1, 0.15) is 6.04 Å². The van der Waals surface area contributed by atoms with Gasteiger partial charge in [0.15, 0.2) is 0 Å². The molecule has 2 N–H and O–H groups in total. The Bertz CT molecular complexity index is 638. The van der Waals surface area contributed by atoms with E-state index in [1.807, 2.05) is 25.1 Å². The van der Waals surface area contributed by atoms with E-state index in [1.165, 1.54) is 24.8 Å². The first-order valence-electron chi connectivity index (χ1n) is 9.50.